The van der Waals surface area contributed by atoms with Gasteiger partial charge in [0.2, 0.25) is 0 Å². The van der Waals surface area contributed by atoms with Gasteiger partial charge < -0.3 is 5.32 Å². The first kappa shape index (κ1) is 28.9. The lowest BCUT2D eigenvalue weighted by atomic mass is 9.88. The third-order valence-electron chi connectivity index (χ3n) is 5.28. The van der Waals surface area contributed by atoms with E-state index in [2.05, 4.69) is 78.7 Å². The van der Waals surface area contributed by atoms with Gasteiger partial charge >= 0.3 is 0 Å². The van der Waals surface area contributed by atoms with Crippen molar-refractivity contribution >= 4 is 0 Å². The Morgan fingerprint density at radius 1 is 0.857 bits per heavy atom. The summed E-state index contributed by atoms with van der Waals surface area (Å²) in [4.78, 5) is 0. The second kappa shape index (κ2) is 20.4. The highest BCUT2D eigenvalue weighted by Crippen LogP contribution is 2.24. The molecular formula is C27H49N. The summed E-state index contributed by atoms with van der Waals surface area (Å²) in [5, 5.41) is 3.42. The SMILES string of the molecule is C=C.C=C\C(=C/C(C)=C(C)/C=C(\C)CC)C1CCNCC1.CCCCCCC. The molecule has 1 N–H and O–H groups in total. The van der Waals surface area contributed by atoms with Crippen molar-refractivity contribution in [2.75, 3.05) is 13.1 Å². The summed E-state index contributed by atoms with van der Waals surface area (Å²) in [6.07, 6.45) is 17.3. The first-order valence-corrected chi connectivity index (χ1v) is 11.4. The van der Waals surface area contributed by atoms with Gasteiger partial charge in [-0.15, -0.1) is 13.2 Å². The third kappa shape index (κ3) is 14.7. The first-order valence-electron chi connectivity index (χ1n) is 11.4. The average molecular weight is 388 g/mol. The minimum Gasteiger partial charge on any atom is -0.317 e. The van der Waals surface area contributed by atoms with Crippen LogP contribution in [0, 0.1) is 5.92 Å². The molecule has 0 aliphatic carbocycles. The van der Waals surface area contributed by atoms with Crippen LogP contribution in [0.15, 0.2) is 60.3 Å². The first-order chi connectivity index (χ1) is 13.5. The van der Waals surface area contributed by atoms with Crippen LogP contribution < -0.4 is 5.32 Å². The van der Waals surface area contributed by atoms with E-state index in [1.54, 1.807) is 0 Å². The van der Waals surface area contributed by atoms with Gasteiger partial charge in [-0.25, -0.2) is 0 Å². The van der Waals surface area contributed by atoms with Crippen molar-refractivity contribution < 1.29 is 0 Å². The van der Waals surface area contributed by atoms with Crippen molar-refractivity contribution in [2.24, 2.45) is 5.92 Å². The van der Waals surface area contributed by atoms with Gasteiger partial charge in [0.05, 0.1) is 0 Å². The molecule has 0 spiro atoms. The van der Waals surface area contributed by atoms with E-state index in [1.807, 2.05) is 6.08 Å². The molecule has 1 aliphatic heterocycles. The molecule has 0 saturated carbocycles. The van der Waals surface area contributed by atoms with Crippen molar-refractivity contribution in [3.8, 4) is 0 Å². The Balaban J connectivity index is 0. The molecule has 1 heteroatoms. The molecule has 0 atom stereocenters. The average Bonchev–Trinajstić information content (AvgIpc) is 2.74. The summed E-state index contributed by atoms with van der Waals surface area (Å²) < 4.78 is 0. The Morgan fingerprint density at radius 3 is 1.79 bits per heavy atom. The van der Waals surface area contributed by atoms with E-state index in [0.717, 1.165) is 19.5 Å². The van der Waals surface area contributed by atoms with Crippen molar-refractivity contribution in [3.05, 3.63) is 60.3 Å². The van der Waals surface area contributed by atoms with Gasteiger partial charge in [0.25, 0.3) is 0 Å². The van der Waals surface area contributed by atoms with E-state index in [1.165, 1.54) is 67.2 Å². The van der Waals surface area contributed by atoms with Crippen LogP contribution >= 0.6 is 0 Å². The number of rotatable bonds is 9. The summed E-state index contributed by atoms with van der Waals surface area (Å²) in [6.45, 7) is 25.6. The fourth-order valence-electron chi connectivity index (χ4n) is 3.12. The predicted octanol–water partition coefficient (Wildman–Crippen LogP) is 8.57. The number of nitrogens with one attached hydrogen (secondary N) is 1. The second-order valence-corrected chi connectivity index (χ2v) is 7.64. The lowest BCUT2D eigenvalue weighted by molar-refractivity contribution is 0.425. The lowest BCUT2D eigenvalue weighted by Gasteiger charge is -2.24. The van der Waals surface area contributed by atoms with Crippen LogP contribution in [0.4, 0.5) is 0 Å². The van der Waals surface area contributed by atoms with Crippen LogP contribution in [0.2, 0.25) is 0 Å². The molecular weight excluding hydrogens is 338 g/mol. The number of hydrogen-bond acceptors (Lipinski definition) is 1. The highest BCUT2D eigenvalue weighted by atomic mass is 14.9. The van der Waals surface area contributed by atoms with Crippen LogP contribution in [0.1, 0.15) is 92.9 Å². The number of unbranched alkanes of at least 4 members (excludes halogenated alkanes) is 4. The Kier molecular flexibility index (Phi) is 21.0. The molecule has 28 heavy (non-hydrogen) atoms. The molecule has 0 unspecified atom stereocenters. The number of hydrogen-bond donors (Lipinski definition) is 1. The summed E-state index contributed by atoms with van der Waals surface area (Å²) in [7, 11) is 0. The largest absolute Gasteiger partial charge is 0.317 e. The minimum absolute atomic E-state index is 0.678. The molecule has 0 radical (unpaired) electrons. The summed E-state index contributed by atoms with van der Waals surface area (Å²) in [5.74, 6) is 0.678. The van der Waals surface area contributed by atoms with E-state index in [4.69, 9.17) is 0 Å². The van der Waals surface area contributed by atoms with Crippen molar-refractivity contribution in [1.29, 1.82) is 0 Å². The monoisotopic (exact) mass is 387 g/mol. The molecule has 1 heterocycles. The molecule has 0 amide bonds. The number of allylic oxidation sites excluding steroid dienone is 7. The van der Waals surface area contributed by atoms with Crippen LogP contribution in [0.25, 0.3) is 0 Å². The zero-order valence-corrected chi connectivity index (χ0v) is 20.0. The van der Waals surface area contributed by atoms with E-state index < -0.39 is 0 Å². The maximum absolute atomic E-state index is 4.00. The van der Waals surface area contributed by atoms with Gasteiger partial charge in [-0.1, -0.05) is 83.3 Å². The summed E-state index contributed by atoms with van der Waals surface area (Å²) in [6, 6.07) is 0. The minimum atomic E-state index is 0.678. The molecule has 1 aliphatic rings. The van der Waals surface area contributed by atoms with Crippen molar-refractivity contribution in [2.45, 2.75) is 92.9 Å². The van der Waals surface area contributed by atoms with Crippen LogP contribution in [0.3, 0.4) is 0 Å². The van der Waals surface area contributed by atoms with Gasteiger partial charge in [0.15, 0.2) is 0 Å². The van der Waals surface area contributed by atoms with Crippen LogP contribution in [-0.4, -0.2) is 13.1 Å². The maximum Gasteiger partial charge on any atom is -0.00431 e. The van der Waals surface area contributed by atoms with E-state index in [0.29, 0.717) is 5.92 Å². The van der Waals surface area contributed by atoms with E-state index in [-0.39, 0.29) is 0 Å². The topological polar surface area (TPSA) is 12.0 Å². The highest BCUT2D eigenvalue weighted by Gasteiger charge is 2.15. The maximum atomic E-state index is 4.00. The summed E-state index contributed by atoms with van der Waals surface area (Å²) >= 11 is 0. The zero-order valence-electron chi connectivity index (χ0n) is 20.0. The molecule has 0 bridgehead atoms. The normalized spacial score (nSPS) is 16.2. The van der Waals surface area contributed by atoms with Gasteiger partial charge in [-0.3, -0.25) is 0 Å². The van der Waals surface area contributed by atoms with Crippen molar-refractivity contribution in [1.82, 2.24) is 5.32 Å². The van der Waals surface area contributed by atoms with Crippen LogP contribution in [0.5, 0.6) is 0 Å². The van der Waals surface area contributed by atoms with Crippen molar-refractivity contribution in [3.63, 3.8) is 0 Å². The standard InChI is InChI=1S/C18H29N.C7H16.C2H4/c1-6-14(3)12-15(4)16(5)13-17(7-2)18-8-10-19-11-9-18;1-3-5-7-6-4-2;1-2/h7,12-13,18-19H,2,6,8-11H2,1,3-5H3;3-7H2,1-2H3;1-2H2/b14-12+,16-15+,17-13+;;. The number of piperidine rings is 1. The second-order valence-electron chi connectivity index (χ2n) is 7.64. The van der Waals surface area contributed by atoms with Crippen LogP contribution in [-0.2, 0) is 0 Å². The van der Waals surface area contributed by atoms with Gasteiger partial charge in [-0.05, 0) is 75.8 Å². The van der Waals surface area contributed by atoms with Gasteiger partial charge in [-0.2, -0.15) is 0 Å². The zero-order chi connectivity index (χ0) is 21.8. The lowest BCUT2D eigenvalue weighted by Crippen LogP contribution is -2.28. The Morgan fingerprint density at radius 2 is 1.36 bits per heavy atom. The fourth-order valence-corrected chi connectivity index (χ4v) is 3.12. The van der Waals surface area contributed by atoms with E-state index >= 15 is 0 Å². The third-order valence-corrected chi connectivity index (χ3v) is 5.28. The highest BCUT2D eigenvalue weighted by molar-refractivity contribution is 5.37. The molecule has 1 rings (SSSR count). The van der Waals surface area contributed by atoms with Gasteiger partial charge in [0.1, 0.15) is 0 Å². The Labute approximate surface area is 177 Å². The predicted molar refractivity (Wildman–Crippen MR) is 132 cm³/mol. The molecule has 0 aromatic heterocycles. The molecule has 0 aromatic carbocycles. The fraction of sp³-hybridized carbons (Fsp3) is 0.630. The summed E-state index contributed by atoms with van der Waals surface area (Å²) in [5.41, 5.74) is 5.57. The molecule has 1 saturated heterocycles. The quantitative estimate of drug-likeness (QED) is 0.237. The van der Waals surface area contributed by atoms with E-state index in [9.17, 15) is 0 Å². The Bertz CT molecular complexity index is 468. The van der Waals surface area contributed by atoms with Gasteiger partial charge in [0, 0.05) is 0 Å². The Hall–Kier alpha value is -1.34. The molecule has 0 aromatic rings. The molecule has 162 valence electrons. The molecule has 1 fully saturated rings. The molecule has 1 nitrogen and oxygen atoms in total. The smallest absolute Gasteiger partial charge is 0.00431 e.